The molecule has 0 bridgehead atoms. The number of rotatable bonds is 6. The Labute approximate surface area is 163 Å². The molecule has 0 fully saturated rings. The van der Waals surface area contributed by atoms with Gasteiger partial charge in [-0.15, -0.1) is 23.1 Å². The maximum Gasteiger partial charge on any atom is 0.307 e. The van der Waals surface area contributed by atoms with Crippen molar-refractivity contribution in [2.45, 2.75) is 29.4 Å². The number of ether oxygens (including phenoxy) is 1. The summed E-state index contributed by atoms with van der Waals surface area (Å²) in [6, 6.07) is 9.20. The van der Waals surface area contributed by atoms with E-state index in [4.69, 9.17) is 4.74 Å². The highest BCUT2D eigenvalue weighted by Crippen LogP contribution is 2.36. The summed E-state index contributed by atoms with van der Waals surface area (Å²) in [7, 11) is 0. The molecule has 0 radical (unpaired) electrons. The second-order valence-electron chi connectivity index (χ2n) is 5.81. The van der Waals surface area contributed by atoms with Crippen LogP contribution in [0.3, 0.4) is 0 Å². The first-order valence-corrected chi connectivity index (χ1v) is 9.80. The summed E-state index contributed by atoms with van der Waals surface area (Å²) in [5.74, 6) is -2.54. The Bertz CT molecular complexity index is 935. The van der Waals surface area contributed by atoms with E-state index in [1.165, 1.54) is 23.1 Å². The molecule has 1 aliphatic rings. The number of nitrogens with one attached hydrogen (secondary N) is 1. The quantitative estimate of drug-likeness (QED) is 0.741. The Morgan fingerprint density at radius 2 is 2.19 bits per heavy atom. The summed E-state index contributed by atoms with van der Waals surface area (Å²) < 4.78 is 5.00. The van der Waals surface area contributed by atoms with Crippen LogP contribution in [-0.2, 0) is 19.1 Å². The molecule has 9 heteroatoms. The van der Waals surface area contributed by atoms with Crippen molar-refractivity contribution in [3.63, 3.8) is 0 Å². The first kappa shape index (κ1) is 19.1. The van der Waals surface area contributed by atoms with Gasteiger partial charge in [0.25, 0.3) is 0 Å². The first-order valence-electron chi connectivity index (χ1n) is 8.04. The number of para-hydroxylation sites is 1. The fourth-order valence-electron chi connectivity index (χ4n) is 2.44. The summed E-state index contributed by atoms with van der Waals surface area (Å²) in [5.41, 5.74) is 1.43. The number of benzene rings is 1. The maximum atomic E-state index is 12.2. The number of thiazole rings is 1. The van der Waals surface area contributed by atoms with Gasteiger partial charge >= 0.3 is 5.97 Å². The van der Waals surface area contributed by atoms with E-state index in [9.17, 15) is 19.6 Å². The van der Waals surface area contributed by atoms with Gasteiger partial charge < -0.3 is 10.1 Å². The zero-order valence-electron chi connectivity index (χ0n) is 14.3. The second-order valence-corrected chi connectivity index (χ2v) is 7.95. The summed E-state index contributed by atoms with van der Waals surface area (Å²) in [6.45, 7) is 1.25. The maximum absolute atomic E-state index is 12.2. The lowest BCUT2D eigenvalue weighted by molar-refractivity contribution is -0.148. The number of hydrogen-bond donors (Lipinski definition) is 1. The van der Waals surface area contributed by atoms with Crippen LogP contribution in [0.15, 0.2) is 34.5 Å². The van der Waals surface area contributed by atoms with Crippen LogP contribution in [-0.4, -0.2) is 34.5 Å². The summed E-state index contributed by atoms with van der Waals surface area (Å²) in [5, 5.41) is 13.5. The second kappa shape index (κ2) is 8.33. The molecule has 7 nitrogen and oxygen atoms in total. The van der Waals surface area contributed by atoms with Gasteiger partial charge in [-0.25, -0.2) is 4.98 Å². The fraction of sp³-hybridized carbons (Fsp3) is 0.278. The molecule has 3 rings (SSSR count). The highest BCUT2D eigenvalue weighted by atomic mass is 32.2. The van der Waals surface area contributed by atoms with Crippen molar-refractivity contribution in [1.82, 2.24) is 4.98 Å². The average Bonchev–Trinajstić information content (AvgIpc) is 3.07. The van der Waals surface area contributed by atoms with Crippen molar-refractivity contribution >= 4 is 46.4 Å². The number of aryl methyl sites for hydroxylation is 1. The van der Waals surface area contributed by atoms with Crippen molar-refractivity contribution in [3.8, 4) is 6.07 Å². The third-order valence-corrected chi connectivity index (χ3v) is 6.07. The van der Waals surface area contributed by atoms with Gasteiger partial charge in [-0.05, 0) is 19.1 Å². The largest absolute Gasteiger partial charge is 0.458 e. The smallest absolute Gasteiger partial charge is 0.307 e. The van der Waals surface area contributed by atoms with Gasteiger partial charge in [0.15, 0.2) is 18.3 Å². The number of anilines is 1. The highest BCUT2D eigenvalue weighted by molar-refractivity contribution is 8.01. The molecule has 1 amide bonds. The summed E-state index contributed by atoms with van der Waals surface area (Å²) in [6.07, 6.45) is -0.161. The van der Waals surface area contributed by atoms with Gasteiger partial charge in [-0.2, -0.15) is 5.26 Å². The Balaban J connectivity index is 1.54. The number of nitriles is 1. The van der Waals surface area contributed by atoms with Crippen molar-refractivity contribution in [3.05, 3.63) is 40.3 Å². The molecule has 27 heavy (non-hydrogen) atoms. The number of carbonyl (C=O) groups excluding carboxylic acids is 3. The molecule has 0 unspecified atom stereocenters. The van der Waals surface area contributed by atoms with Crippen LogP contribution in [0.4, 0.5) is 5.69 Å². The van der Waals surface area contributed by atoms with Gasteiger partial charge in [-0.3, -0.25) is 14.4 Å². The predicted molar refractivity (Wildman–Crippen MR) is 101 cm³/mol. The average molecular weight is 401 g/mol. The van der Waals surface area contributed by atoms with Crippen LogP contribution in [0, 0.1) is 18.3 Å². The van der Waals surface area contributed by atoms with E-state index < -0.39 is 29.5 Å². The molecule has 2 aromatic rings. The number of aromatic nitrogens is 1. The molecule has 0 aliphatic carbocycles. The van der Waals surface area contributed by atoms with Crippen LogP contribution in [0.1, 0.15) is 23.0 Å². The lowest BCUT2D eigenvalue weighted by atomic mass is 10.1. The molecule has 1 aliphatic heterocycles. The van der Waals surface area contributed by atoms with E-state index in [1.807, 2.05) is 24.3 Å². The Kier molecular flexibility index (Phi) is 5.88. The number of esters is 1. The van der Waals surface area contributed by atoms with E-state index in [1.54, 1.807) is 18.4 Å². The van der Waals surface area contributed by atoms with Crippen molar-refractivity contribution in [2.24, 2.45) is 0 Å². The predicted octanol–water partition coefficient (Wildman–Crippen LogP) is 2.67. The number of ketones is 1. The zero-order chi connectivity index (χ0) is 19.4. The van der Waals surface area contributed by atoms with Gasteiger partial charge in [0.1, 0.15) is 5.01 Å². The standard InChI is InChI=1S/C18H15N3O4S2/c1-10-9-26-18(20-10)11(7-19)13(22)8-25-16(23)6-15-17(24)21-12-4-2-3-5-14(12)27-15/h2-5,9,11,15H,6,8H2,1H3,(H,21,24)/t11-,15+/m1/s1. The number of Topliss-reactive ketones (excluding diaryl/α,β-unsaturated/α-hetero) is 1. The third-order valence-electron chi connectivity index (χ3n) is 3.77. The van der Waals surface area contributed by atoms with Crippen LogP contribution < -0.4 is 5.32 Å². The zero-order valence-corrected chi connectivity index (χ0v) is 15.9. The number of carbonyl (C=O) groups is 3. The molecular weight excluding hydrogens is 386 g/mol. The van der Waals surface area contributed by atoms with E-state index >= 15 is 0 Å². The molecule has 0 saturated heterocycles. The Morgan fingerprint density at radius 3 is 2.89 bits per heavy atom. The van der Waals surface area contributed by atoms with Crippen LogP contribution in [0.5, 0.6) is 0 Å². The van der Waals surface area contributed by atoms with Crippen LogP contribution in [0.25, 0.3) is 0 Å². The number of thioether (sulfide) groups is 1. The van der Waals surface area contributed by atoms with E-state index in [0.29, 0.717) is 10.7 Å². The fourth-order valence-corrected chi connectivity index (χ4v) is 4.40. The van der Waals surface area contributed by atoms with E-state index in [-0.39, 0.29) is 12.3 Å². The summed E-state index contributed by atoms with van der Waals surface area (Å²) in [4.78, 5) is 41.4. The minimum absolute atomic E-state index is 0.161. The van der Waals surface area contributed by atoms with Crippen molar-refractivity contribution in [2.75, 3.05) is 11.9 Å². The topological polar surface area (TPSA) is 109 Å². The minimum atomic E-state index is -1.06. The number of nitrogens with zero attached hydrogens (tertiary/aromatic N) is 2. The molecule has 0 saturated carbocycles. The normalized spacial score (nSPS) is 16.6. The number of amides is 1. The minimum Gasteiger partial charge on any atom is -0.458 e. The van der Waals surface area contributed by atoms with Gasteiger partial charge in [0.2, 0.25) is 5.91 Å². The van der Waals surface area contributed by atoms with Crippen molar-refractivity contribution in [1.29, 1.82) is 5.26 Å². The van der Waals surface area contributed by atoms with Gasteiger partial charge in [0, 0.05) is 16.0 Å². The Morgan fingerprint density at radius 1 is 1.41 bits per heavy atom. The monoisotopic (exact) mass is 401 g/mol. The van der Waals surface area contributed by atoms with Crippen molar-refractivity contribution < 1.29 is 19.1 Å². The van der Waals surface area contributed by atoms with Crippen LogP contribution in [0.2, 0.25) is 0 Å². The molecule has 1 aromatic heterocycles. The van der Waals surface area contributed by atoms with Gasteiger partial charge in [0.05, 0.1) is 23.4 Å². The first-order chi connectivity index (χ1) is 13.0. The molecule has 2 heterocycles. The van der Waals surface area contributed by atoms with Crippen LogP contribution >= 0.6 is 23.1 Å². The molecule has 2 atom stereocenters. The molecule has 1 N–H and O–H groups in total. The number of hydrogen-bond acceptors (Lipinski definition) is 8. The number of fused-ring (bicyclic) bond motifs is 1. The molecular formula is C18H15N3O4S2. The highest BCUT2D eigenvalue weighted by Gasteiger charge is 2.30. The molecule has 138 valence electrons. The summed E-state index contributed by atoms with van der Waals surface area (Å²) >= 11 is 2.50. The van der Waals surface area contributed by atoms with E-state index in [2.05, 4.69) is 10.3 Å². The molecule has 0 spiro atoms. The lowest BCUT2D eigenvalue weighted by Crippen LogP contribution is -2.32. The SMILES string of the molecule is Cc1csc([C@H](C#N)C(=O)COC(=O)C[C@@H]2Sc3ccccc3NC2=O)n1. The van der Waals surface area contributed by atoms with E-state index in [0.717, 1.165) is 10.6 Å². The van der Waals surface area contributed by atoms with Gasteiger partial charge in [-0.1, -0.05) is 12.1 Å². The third kappa shape index (κ3) is 4.53. The lowest BCUT2D eigenvalue weighted by Gasteiger charge is -2.23. The Hall–Kier alpha value is -2.70. The molecule has 1 aromatic carbocycles.